The van der Waals surface area contributed by atoms with E-state index < -0.39 is 0 Å². The predicted octanol–water partition coefficient (Wildman–Crippen LogP) is 3.37. The number of rotatable bonds is 6. The molecule has 5 heteroatoms. The van der Waals surface area contributed by atoms with E-state index in [0.29, 0.717) is 23.7 Å². The van der Waals surface area contributed by atoms with E-state index in [-0.39, 0.29) is 18.4 Å². The maximum absolute atomic E-state index is 12.1. The van der Waals surface area contributed by atoms with Crippen molar-refractivity contribution in [1.82, 2.24) is 4.90 Å². The van der Waals surface area contributed by atoms with Gasteiger partial charge in [0, 0.05) is 13.5 Å². The topological polar surface area (TPSA) is 49.4 Å². The number of amides is 2. The molecular weight excluding hydrogens is 312 g/mol. The van der Waals surface area contributed by atoms with E-state index in [1.807, 2.05) is 30.3 Å². The van der Waals surface area contributed by atoms with Crippen LogP contribution in [0, 0.1) is 0 Å². The van der Waals surface area contributed by atoms with Gasteiger partial charge in [0.25, 0.3) is 0 Å². The molecule has 4 nitrogen and oxygen atoms in total. The molecule has 0 aliphatic carbocycles. The fraction of sp³-hybridized carbons (Fsp3) is 0.222. The highest BCUT2D eigenvalue weighted by Crippen LogP contribution is 2.20. The summed E-state index contributed by atoms with van der Waals surface area (Å²) in [5, 5.41) is 3.20. The largest absolute Gasteiger partial charge is 0.333 e. The molecule has 2 amide bonds. The first-order valence-electron chi connectivity index (χ1n) is 7.40. The molecule has 1 N–H and O–H groups in total. The Kier molecular flexibility index (Phi) is 6.18. The van der Waals surface area contributed by atoms with Crippen LogP contribution >= 0.6 is 11.6 Å². The molecule has 0 aliphatic heterocycles. The second kappa shape index (κ2) is 8.34. The molecule has 0 aliphatic rings. The highest BCUT2D eigenvalue weighted by Gasteiger charge is 2.14. The Balaban J connectivity index is 1.92. The van der Waals surface area contributed by atoms with Crippen LogP contribution in [0.4, 0.5) is 5.69 Å². The summed E-state index contributed by atoms with van der Waals surface area (Å²) in [5.41, 5.74) is 1.68. The lowest BCUT2D eigenvalue weighted by atomic mass is 10.1. The second-order valence-corrected chi connectivity index (χ2v) is 5.61. The zero-order valence-electron chi connectivity index (χ0n) is 13.0. The minimum atomic E-state index is -0.263. The van der Waals surface area contributed by atoms with Crippen LogP contribution < -0.4 is 5.32 Å². The Morgan fingerprint density at radius 2 is 1.70 bits per heavy atom. The molecule has 2 rings (SSSR count). The summed E-state index contributed by atoms with van der Waals surface area (Å²) in [6.45, 7) is 1.97. The third kappa shape index (κ3) is 5.42. The molecule has 0 fully saturated rings. The lowest BCUT2D eigenvalue weighted by Crippen LogP contribution is -2.38. The van der Waals surface area contributed by atoms with Crippen LogP contribution in [0.25, 0.3) is 0 Å². The molecular formula is C18H19ClN2O2. The summed E-state index contributed by atoms with van der Waals surface area (Å²) in [6, 6.07) is 16.9. The number of benzene rings is 2. The third-order valence-corrected chi connectivity index (χ3v) is 3.77. The molecule has 120 valence electrons. The van der Waals surface area contributed by atoms with Gasteiger partial charge in [0.1, 0.15) is 0 Å². The Morgan fingerprint density at radius 3 is 2.35 bits per heavy atom. The van der Waals surface area contributed by atoms with Gasteiger partial charge in [0.2, 0.25) is 11.8 Å². The molecule has 0 heterocycles. The molecule has 23 heavy (non-hydrogen) atoms. The van der Waals surface area contributed by atoms with Gasteiger partial charge in [-0.25, -0.2) is 0 Å². The van der Waals surface area contributed by atoms with Crippen LogP contribution in [-0.2, 0) is 16.0 Å². The monoisotopic (exact) mass is 330 g/mol. The molecule has 0 unspecified atom stereocenters. The van der Waals surface area contributed by atoms with Crippen molar-refractivity contribution in [3.05, 3.63) is 65.2 Å². The van der Waals surface area contributed by atoms with E-state index in [1.54, 1.807) is 24.3 Å². The number of hydrogen-bond acceptors (Lipinski definition) is 2. The molecule has 0 aromatic heterocycles. The van der Waals surface area contributed by atoms with Gasteiger partial charge in [0.05, 0.1) is 17.3 Å². The van der Waals surface area contributed by atoms with Crippen LogP contribution in [-0.4, -0.2) is 29.8 Å². The minimum absolute atomic E-state index is 0.00733. The van der Waals surface area contributed by atoms with Crippen LogP contribution in [0.1, 0.15) is 12.5 Å². The normalized spacial score (nSPS) is 10.2. The average Bonchev–Trinajstić information content (AvgIpc) is 2.54. The Morgan fingerprint density at radius 1 is 1.04 bits per heavy atom. The molecule has 0 spiro atoms. The zero-order chi connectivity index (χ0) is 16.7. The summed E-state index contributed by atoms with van der Waals surface area (Å²) in [7, 11) is 0. The van der Waals surface area contributed by atoms with Gasteiger partial charge >= 0.3 is 0 Å². The standard InChI is InChI=1S/C18H19ClN2O2/c1-14(22)21(12-11-15-7-3-2-4-8-15)13-18(23)20-17-10-6-5-9-16(17)19/h2-10H,11-13H2,1H3,(H,20,23). The van der Waals surface area contributed by atoms with Crippen molar-refractivity contribution in [2.24, 2.45) is 0 Å². The Hall–Kier alpha value is -2.33. The van der Waals surface area contributed by atoms with E-state index in [1.165, 1.54) is 11.8 Å². The predicted molar refractivity (Wildman–Crippen MR) is 92.5 cm³/mol. The Bertz CT molecular complexity index is 674. The van der Waals surface area contributed by atoms with Crippen molar-refractivity contribution in [1.29, 1.82) is 0 Å². The number of hydrogen-bond donors (Lipinski definition) is 1. The molecule has 0 bridgehead atoms. The van der Waals surface area contributed by atoms with Crippen molar-refractivity contribution < 1.29 is 9.59 Å². The number of carbonyl (C=O) groups excluding carboxylic acids is 2. The highest BCUT2D eigenvalue weighted by atomic mass is 35.5. The van der Waals surface area contributed by atoms with Crippen molar-refractivity contribution in [2.45, 2.75) is 13.3 Å². The summed E-state index contributed by atoms with van der Waals surface area (Å²) in [6.07, 6.45) is 0.708. The summed E-state index contributed by atoms with van der Waals surface area (Å²) in [4.78, 5) is 25.4. The van der Waals surface area contributed by atoms with Crippen LogP contribution in [0.15, 0.2) is 54.6 Å². The van der Waals surface area contributed by atoms with E-state index in [4.69, 9.17) is 11.6 Å². The molecule has 2 aromatic rings. The summed E-state index contributed by atoms with van der Waals surface area (Å²) >= 11 is 6.01. The third-order valence-electron chi connectivity index (χ3n) is 3.44. The molecule has 0 radical (unpaired) electrons. The number of anilines is 1. The van der Waals surface area contributed by atoms with Crippen molar-refractivity contribution in [3.8, 4) is 0 Å². The zero-order valence-corrected chi connectivity index (χ0v) is 13.7. The van der Waals surface area contributed by atoms with Gasteiger partial charge < -0.3 is 10.2 Å². The fourth-order valence-corrected chi connectivity index (χ4v) is 2.37. The highest BCUT2D eigenvalue weighted by molar-refractivity contribution is 6.33. The number of nitrogens with zero attached hydrogens (tertiary/aromatic N) is 1. The molecule has 0 saturated heterocycles. The first kappa shape index (κ1) is 17.0. The van der Waals surface area contributed by atoms with Gasteiger partial charge in [-0.3, -0.25) is 9.59 Å². The van der Waals surface area contributed by atoms with E-state index >= 15 is 0 Å². The summed E-state index contributed by atoms with van der Waals surface area (Å²) in [5.74, 6) is -0.392. The number of para-hydroxylation sites is 1. The quantitative estimate of drug-likeness (QED) is 0.882. The number of nitrogens with one attached hydrogen (secondary N) is 1. The maximum Gasteiger partial charge on any atom is 0.244 e. The van der Waals surface area contributed by atoms with Gasteiger partial charge in [-0.05, 0) is 24.1 Å². The van der Waals surface area contributed by atoms with Crippen molar-refractivity contribution in [2.75, 3.05) is 18.4 Å². The van der Waals surface area contributed by atoms with E-state index in [2.05, 4.69) is 5.32 Å². The lowest BCUT2D eigenvalue weighted by Gasteiger charge is -2.20. The van der Waals surface area contributed by atoms with Gasteiger partial charge in [0.15, 0.2) is 0 Å². The van der Waals surface area contributed by atoms with Gasteiger partial charge in [-0.1, -0.05) is 54.1 Å². The Labute approximate surface area is 141 Å². The molecule has 0 atom stereocenters. The SMILES string of the molecule is CC(=O)N(CCc1ccccc1)CC(=O)Nc1ccccc1Cl. The molecule has 2 aromatic carbocycles. The van der Waals surface area contributed by atoms with Crippen LogP contribution in [0.3, 0.4) is 0 Å². The minimum Gasteiger partial charge on any atom is -0.333 e. The lowest BCUT2D eigenvalue weighted by molar-refractivity contribution is -0.132. The first-order chi connectivity index (χ1) is 11.1. The van der Waals surface area contributed by atoms with E-state index in [0.717, 1.165) is 5.56 Å². The average molecular weight is 331 g/mol. The smallest absolute Gasteiger partial charge is 0.244 e. The van der Waals surface area contributed by atoms with E-state index in [9.17, 15) is 9.59 Å². The van der Waals surface area contributed by atoms with Crippen LogP contribution in [0.2, 0.25) is 5.02 Å². The van der Waals surface area contributed by atoms with Crippen molar-refractivity contribution in [3.63, 3.8) is 0 Å². The van der Waals surface area contributed by atoms with Crippen LogP contribution in [0.5, 0.6) is 0 Å². The second-order valence-electron chi connectivity index (χ2n) is 5.20. The molecule has 0 saturated carbocycles. The fourth-order valence-electron chi connectivity index (χ4n) is 2.18. The van der Waals surface area contributed by atoms with Crippen molar-refractivity contribution >= 4 is 29.1 Å². The number of carbonyl (C=O) groups is 2. The van der Waals surface area contributed by atoms with Gasteiger partial charge in [-0.15, -0.1) is 0 Å². The maximum atomic E-state index is 12.1. The first-order valence-corrected chi connectivity index (χ1v) is 7.78. The van der Waals surface area contributed by atoms with Gasteiger partial charge in [-0.2, -0.15) is 0 Å². The number of halogens is 1. The summed E-state index contributed by atoms with van der Waals surface area (Å²) < 4.78 is 0.